The van der Waals surface area contributed by atoms with Crippen LogP contribution >= 0.6 is 22.9 Å². The normalized spacial score (nSPS) is 11.2. The van der Waals surface area contributed by atoms with Crippen LogP contribution in [0.3, 0.4) is 0 Å². The van der Waals surface area contributed by atoms with Gasteiger partial charge >= 0.3 is 0 Å². The lowest BCUT2D eigenvalue weighted by Crippen LogP contribution is -1.98. The molecule has 2 heterocycles. The molecule has 0 saturated carbocycles. The SMILES string of the molecule is Cc1sc2nc(-c3cc(Cl)ccc3F)nc(N)c2c1C. The zero-order chi connectivity index (χ0) is 14.4. The van der Waals surface area contributed by atoms with Crippen molar-refractivity contribution in [2.75, 3.05) is 5.73 Å². The van der Waals surface area contributed by atoms with E-state index in [9.17, 15) is 4.39 Å². The van der Waals surface area contributed by atoms with Gasteiger partial charge in [0.1, 0.15) is 16.5 Å². The van der Waals surface area contributed by atoms with Crippen LogP contribution in [0.4, 0.5) is 10.2 Å². The number of fused-ring (bicyclic) bond motifs is 1. The first-order valence-corrected chi connectivity index (χ1v) is 7.15. The first-order valence-electron chi connectivity index (χ1n) is 5.96. The summed E-state index contributed by atoms with van der Waals surface area (Å²) in [6, 6.07) is 4.29. The van der Waals surface area contributed by atoms with Crippen LogP contribution in [0, 0.1) is 19.7 Å². The van der Waals surface area contributed by atoms with Crippen molar-refractivity contribution in [3.05, 3.63) is 39.5 Å². The molecule has 0 spiro atoms. The summed E-state index contributed by atoms with van der Waals surface area (Å²) in [4.78, 5) is 10.5. The zero-order valence-electron chi connectivity index (χ0n) is 10.9. The highest BCUT2D eigenvalue weighted by Crippen LogP contribution is 2.34. The van der Waals surface area contributed by atoms with Gasteiger partial charge in [-0.1, -0.05) is 11.6 Å². The van der Waals surface area contributed by atoms with Crippen LogP contribution in [0.1, 0.15) is 10.4 Å². The number of halogens is 2. The molecule has 0 aliphatic heterocycles. The monoisotopic (exact) mass is 307 g/mol. The molecule has 0 amide bonds. The maximum absolute atomic E-state index is 13.9. The summed E-state index contributed by atoms with van der Waals surface area (Å²) in [6.07, 6.45) is 0. The Morgan fingerprint density at radius 2 is 2.00 bits per heavy atom. The van der Waals surface area contributed by atoms with Crippen molar-refractivity contribution in [1.82, 2.24) is 9.97 Å². The molecule has 3 rings (SSSR count). The van der Waals surface area contributed by atoms with Gasteiger partial charge in [0.05, 0.1) is 10.9 Å². The third-order valence-corrected chi connectivity index (χ3v) is 4.56. The first-order chi connectivity index (χ1) is 9.47. The van der Waals surface area contributed by atoms with Crippen molar-refractivity contribution in [3.63, 3.8) is 0 Å². The Hall–Kier alpha value is -1.72. The van der Waals surface area contributed by atoms with E-state index in [2.05, 4.69) is 9.97 Å². The number of rotatable bonds is 1. The van der Waals surface area contributed by atoms with Crippen LogP contribution in [-0.4, -0.2) is 9.97 Å². The van der Waals surface area contributed by atoms with Crippen molar-refractivity contribution in [3.8, 4) is 11.4 Å². The summed E-state index contributed by atoms with van der Waals surface area (Å²) in [5.74, 6) is 0.209. The predicted octanol–water partition coefficient (Wildman–Crippen LogP) is 4.35. The number of nitrogen functional groups attached to an aromatic ring is 1. The number of hydrogen-bond donors (Lipinski definition) is 1. The molecule has 0 saturated heterocycles. The van der Waals surface area contributed by atoms with Crippen molar-refractivity contribution in [2.45, 2.75) is 13.8 Å². The number of benzene rings is 1. The highest BCUT2D eigenvalue weighted by molar-refractivity contribution is 7.18. The lowest BCUT2D eigenvalue weighted by molar-refractivity contribution is 0.630. The molecule has 0 aliphatic carbocycles. The number of nitrogens with zero attached hydrogens (tertiary/aromatic N) is 2. The van der Waals surface area contributed by atoms with Gasteiger partial charge in [0, 0.05) is 9.90 Å². The second-order valence-corrected chi connectivity index (χ2v) is 6.16. The van der Waals surface area contributed by atoms with Crippen LogP contribution < -0.4 is 5.73 Å². The Balaban J connectivity index is 2.30. The molecular formula is C14H11ClFN3S. The van der Waals surface area contributed by atoms with E-state index in [1.807, 2.05) is 13.8 Å². The molecule has 102 valence electrons. The zero-order valence-corrected chi connectivity index (χ0v) is 12.4. The molecule has 2 N–H and O–H groups in total. The Bertz CT molecular complexity index is 829. The summed E-state index contributed by atoms with van der Waals surface area (Å²) in [5.41, 5.74) is 7.33. The third kappa shape index (κ3) is 2.03. The number of aromatic nitrogens is 2. The summed E-state index contributed by atoms with van der Waals surface area (Å²) < 4.78 is 13.9. The minimum absolute atomic E-state index is 0.259. The summed E-state index contributed by atoms with van der Waals surface area (Å²) >= 11 is 7.43. The highest BCUT2D eigenvalue weighted by Gasteiger charge is 2.15. The van der Waals surface area contributed by atoms with Gasteiger partial charge in [-0.25, -0.2) is 14.4 Å². The molecule has 0 radical (unpaired) electrons. The van der Waals surface area contributed by atoms with Crippen LogP contribution in [0.25, 0.3) is 21.6 Å². The lowest BCUT2D eigenvalue weighted by Gasteiger charge is -2.05. The fourth-order valence-corrected chi connectivity index (χ4v) is 3.28. The molecule has 3 nitrogen and oxygen atoms in total. The van der Waals surface area contributed by atoms with Crippen molar-refractivity contribution in [2.24, 2.45) is 0 Å². The number of aryl methyl sites for hydroxylation is 2. The Labute approximate surface area is 124 Å². The molecule has 0 aliphatic rings. The van der Waals surface area contributed by atoms with Gasteiger partial charge < -0.3 is 5.73 Å². The van der Waals surface area contributed by atoms with Crippen LogP contribution in [0.2, 0.25) is 5.02 Å². The van der Waals surface area contributed by atoms with Crippen molar-refractivity contribution >= 4 is 39.0 Å². The van der Waals surface area contributed by atoms with Gasteiger partial charge in [0.2, 0.25) is 0 Å². The Kier molecular flexibility index (Phi) is 3.11. The number of thiophene rings is 1. The molecule has 2 aromatic heterocycles. The Morgan fingerprint density at radius 1 is 1.25 bits per heavy atom. The van der Waals surface area contributed by atoms with E-state index in [4.69, 9.17) is 17.3 Å². The molecule has 20 heavy (non-hydrogen) atoms. The van der Waals surface area contributed by atoms with E-state index in [1.54, 1.807) is 0 Å². The topological polar surface area (TPSA) is 51.8 Å². The smallest absolute Gasteiger partial charge is 0.166 e. The van der Waals surface area contributed by atoms with E-state index >= 15 is 0 Å². The largest absolute Gasteiger partial charge is 0.383 e. The highest BCUT2D eigenvalue weighted by atomic mass is 35.5. The Morgan fingerprint density at radius 3 is 2.75 bits per heavy atom. The summed E-state index contributed by atoms with van der Waals surface area (Å²) in [7, 11) is 0. The van der Waals surface area contributed by atoms with Crippen LogP contribution in [0.5, 0.6) is 0 Å². The minimum atomic E-state index is -0.418. The molecule has 3 aromatic rings. The molecule has 0 unspecified atom stereocenters. The summed E-state index contributed by atoms with van der Waals surface area (Å²) in [6.45, 7) is 3.98. The quantitative estimate of drug-likeness (QED) is 0.727. The number of nitrogens with two attached hydrogens (primary N) is 1. The fraction of sp³-hybridized carbons (Fsp3) is 0.143. The van der Waals surface area contributed by atoms with E-state index in [0.29, 0.717) is 10.8 Å². The van der Waals surface area contributed by atoms with Gasteiger partial charge in [-0.3, -0.25) is 0 Å². The minimum Gasteiger partial charge on any atom is -0.383 e. The predicted molar refractivity (Wildman–Crippen MR) is 81.7 cm³/mol. The number of anilines is 1. The van der Waals surface area contributed by atoms with Crippen LogP contribution in [0.15, 0.2) is 18.2 Å². The van der Waals surface area contributed by atoms with Crippen LogP contribution in [-0.2, 0) is 0 Å². The maximum Gasteiger partial charge on any atom is 0.166 e. The third-order valence-electron chi connectivity index (χ3n) is 3.23. The van der Waals surface area contributed by atoms with Crippen molar-refractivity contribution in [1.29, 1.82) is 0 Å². The van der Waals surface area contributed by atoms with Gasteiger partial charge in [-0.2, -0.15) is 0 Å². The molecule has 0 atom stereocenters. The van der Waals surface area contributed by atoms with Gasteiger partial charge in [0.25, 0.3) is 0 Å². The molecule has 6 heteroatoms. The van der Waals surface area contributed by atoms with E-state index in [0.717, 1.165) is 20.7 Å². The van der Waals surface area contributed by atoms with Gasteiger partial charge in [-0.15, -0.1) is 11.3 Å². The number of hydrogen-bond acceptors (Lipinski definition) is 4. The van der Waals surface area contributed by atoms with Crippen molar-refractivity contribution < 1.29 is 4.39 Å². The molecular weight excluding hydrogens is 297 g/mol. The molecule has 1 aromatic carbocycles. The maximum atomic E-state index is 13.9. The second kappa shape index (κ2) is 4.68. The average molecular weight is 308 g/mol. The van der Waals surface area contributed by atoms with E-state index in [-0.39, 0.29) is 11.4 Å². The second-order valence-electron chi connectivity index (χ2n) is 4.52. The van der Waals surface area contributed by atoms with E-state index < -0.39 is 5.82 Å². The van der Waals surface area contributed by atoms with Gasteiger partial charge in [0.15, 0.2) is 5.82 Å². The van der Waals surface area contributed by atoms with Gasteiger partial charge in [-0.05, 0) is 37.6 Å². The molecule has 0 bridgehead atoms. The first kappa shape index (κ1) is 13.3. The molecule has 0 fully saturated rings. The standard InChI is InChI=1S/C14H11ClFN3S/c1-6-7(2)20-14-11(6)12(17)18-13(19-14)9-5-8(15)3-4-10(9)16/h3-5H,1-2H3,(H2,17,18,19). The average Bonchev–Trinajstić information content (AvgIpc) is 2.68. The summed E-state index contributed by atoms with van der Waals surface area (Å²) in [5, 5.41) is 1.28. The fourth-order valence-electron chi connectivity index (χ4n) is 2.07. The lowest BCUT2D eigenvalue weighted by atomic mass is 10.1. The van der Waals surface area contributed by atoms with E-state index in [1.165, 1.54) is 29.5 Å².